The fraction of sp³-hybridized carbons (Fsp3) is 0.182. The number of hydrogen-bond acceptors (Lipinski definition) is 7. The summed E-state index contributed by atoms with van der Waals surface area (Å²) in [5.74, 6) is -3.92. The van der Waals surface area contributed by atoms with Gasteiger partial charge in [-0.05, 0) is 71.8 Å². The number of carboxylic acid groups (broad SMARTS) is 1. The van der Waals surface area contributed by atoms with E-state index < -0.39 is 60.3 Å². The minimum Gasteiger partial charge on any atom is -0.497 e. The second kappa shape index (κ2) is 14.9. The topological polar surface area (TPSA) is 135 Å². The molecule has 0 aliphatic heterocycles. The van der Waals surface area contributed by atoms with Crippen LogP contribution in [0, 0.1) is 0 Å². The first-order chi connectivity index (χ1) is 23.0. The van der Waals surface area contributed by atoms with Crippen molar-refractivity contribution in [3.8, 4) is 11.5 Å². The van der Waals surface area contributed by atoms with Gasteiger partial charge in [-0.1, -0.05) is 18.2 Å². The number of halogens is 6. The number of alkyl halides is 6. The van der Waals surface area contributed by atoms with Crippen LogP contribution in [-0.2, 0) is 34.9 Å². The number of ether oxygens (including phenoxy) is 2. The van der Waals surface area contributed by atoms with Gasteiger partial charge in [-0.25, -0.2) is 4.79 Å². The first-order valence-electron chi connectivity index (χ1n) is 14.0. The molecule has 16 heteroatoms. The van der Waals surface area contributed by atoms with E-state index in [2.05, 4.69) is 10.3 Å². The molecule has 2 N–H and O–H groups in total. The van der Waals surface area contributed by atoms with Gasteiger partial charge in [-0.3, -0.25) is 19.4 Å². The highest BCUT2D eigenvalue weighted by Crippen LogP contribution is 2.35. The number of rotatable bonds is 11. The van der Waals surface area contributed by atoms with E-state index >= 15 is 0 Å². The fourth-order valence-electron chi connectivity index (χ4n) is 4.48. The zero-order chi connectivity index (χ0) is 35.9. The number of carboxylic acids is 1. The number of aromatic nitrogens is 1. The van der Waals surface area contributed by atoms with Gasteiger partial charge in [0, 0.05) is 24.0 Å². The van der Waals surface area contributed by atoms with E-state index in [1.807, 2.05) is 0 Å². The Morgan fingerprint density at radius 2 is 1.47 bits per heavy atom. The number of esters is 1. The summed E-state index contributed by atoms with van der Waals surface area (Å²) in [5.41, 5.74) is -2.34. The Morgan fingerprint density at radius 3 is 2.06 bits per heavy atom. The Balaban J connectivity index is 1.40. The summed E-state index contributed by atoms with van der Waals surface area (Å²) in [6.45, 7) is -0.915. The van der Waals surface area contributed by atoms with Crippen molar-refractivity contribution in [3.63, 3.8) is 0 Å². The molecule has 10 nitrogen and oxygen atoms in total. The maximum Gasteiger partial charge on any atom is 0.433 e. The molecule has 0 aliphatic rings. The lowest BCUT2D eigenvalue weighted by Gasteiger charge is -2.21. The molecule has 4 aromatic rings. The molecule has 4 rings (SSSR count). The van der Waals surface area contributed by atoms with Gasteiger partial charge in [0.15, 0.2) is 0 Å². The minimum absolute atomic E-state index is 0.0261. The van der Waals surface area contributed by atoms with Crippen LogP contribution in [0.2, 0.25) is 0 Å². The van der Waals surface area contributed by atoms with Crippen molar-refractivity contribution in [1.82, 2.24) is 9.88 Å². The highest BCUT2D eigenvalue weighted by atomic mass is 19.4. The number of nitrogens with one attached hydrogen (secondary N) is 1. The van der Waals surface area contributed by atoms with Gasteiger partial charge in [0.25, 0.3) is 5.91 Å². The molecule has 0 saturated heterocycles. The SMILES string of the molecule is COc1ccc(CC(=O)Nc2ccc(C(=O)N(CC(=O)O)Cc3ccc(OC(=O)c4ccnc(C(F)(F)F)c4)cc3)cc2)c(C(F)(F)F)c1. The molecule has 0 fully saturated rings. The lowest BCUT2D eigenvalue weighted by molar-refractivity contribution is -0.141. The van der Waals surface area contributed by atoms with Crippen molar-refractivity contribution in [3.05, 3.63) is 119 Å². The second-order valence-corrected chi connectivity index (χ2v) is 10.3. The van der Waals surface area contributed by atoms with E-state index in [9.17, 15) is 50.6 Å². The summed E-state index contributed by atoms with van der Waals surface area (Å²) in [4.78, 5) is 53.8. The predicted octanol–water partition coefficient (Wildman–Crippen LogP) is 6.26. The molecule has 3 aromatic carbocycles. The van der Waals surface area contributed by atoms with Gasteiger partial charge in [0.1, 0.15) is 23.7 Å². The average molecular weight is 690 g/mol. The maximum absolute atomic E-state index is 13.5. The molecule has 256 valence electrons. The summed E-state index contributed by atoms with van der Waals surface area (Å²) < 4.78 is 89.2. The van der Waals surface area contributed by atoms with E-state index in [0.717, 1.165) is 29.3 Å². The van der Waals surface area contributed by atoms with E-state index in [1.165, 1.54) is 61.7 Å². The molecule has 1 heterocycles. The van der Waals surface area contributed by atoms with Crippen LogP contribution in [0.15, 0.2) is 85.1 Å². The van der Waals surface area contributed by atoms with E-state index in [0.29, 0.717) is 11.6 Å². The molecule has 0 unspecified atom stereocenters. The third-order valence-corrected chi connectivity index (χ3v) is 6.80. The summed E-state index contributed by atoms with van der Waals surface area (Å²) in [7, 11) is 1.21. The van der Waals surface area contributed by atoms with Crippen LogP contribution in [-0.4, -0.2) is 52.4 Å². The summed E-state index contributed by atoms with van der Waals surface area (Å²) in [6.07, 6.45) is -9.27. The van der Waals surface area contributed by atoms with Crippen molar-refractivity contribution in [1.29, 1.82) is 0 Å². The molecule has 0 aliphatic carbocycles. The Morgan fingerprint density at radius 1 is 0.816 bits per heavy atom. The van der Waals surface area contributed by atoms with Crippen molar-refractivity contribution >= 4 is 29.4 Å². The van der Waals surface area contributed by atoms with Gasteiger partial charge in [-0.2, -0.15) is 26.3 Å². The highest BCUT2D eigenvalue weighted by Gasteiger charge is 2.35. The summed E-state index contributed by atoms with van der Waals surface area (Å²) in [6, 6.07) is 15.5. The lowest BCUT2D eigenvalue weighted by Crippen LogP contribution is -2.35. The van der Waals surface area contributed by atoms with Crippen molar-refractivity contribution in [2.24, 2.45) is 0 Å². The Kier molecular flexibility index (Phi) is 10.9. The summed E-state index contributed by atoms with van der Waals surface area (Å²) >= 11 is 0. The quantitative estimate of drug-likeness (QED) is 0.107. The number of nitrogens with zero attached hydrogens (tertiary/aromatic N) is 2. The zero-order valence-corrected chi connectivity index (χ0v) is 25.3. The van der Waals surface area contributed by atoms with Crippen molar-refractivity contribution in [2.75, 3.05) is 19.0 Å². The Hall–Kier alpha value is -5.93. The molecular weight excluding hydrogens is 664 g/mol. The van der Waals surface area contributed by atoms with Gasteiger partial charge < -0.3 is 24.8 Å². The van der Waals surface area contributed by atoms with Gasteiger partial charge in [0.05, 0.1) is 24.7 Å². The van der Waals surface area contributed by atoms with Crippen molar-refractivity contribution in [2.45, 2.75) is 25.3 Å². The zero-order valence-electron chi connectivity index (χ0n) is 25.3. The van der Waals surface area contributed by atoms with Crippen LogP contribution >= 0.6 is 0 Å². The molecule has 0 bridgehead atoms. The highest BCUT2D eigenvalue weighted by molar-refractivity contribution is 5.97. The number of carbonyl (C=O) groups excluding carboxylic acids is 3. The van der Waals surface area contributed by atoms with Crippen LogP contribution in [0.5, 0.6) is 11.5 Å². The smallest absolute Gasteiger partial charge is 0.433 e. The van der Waals surface area contributed by atoms with Crippen LogP contribution in [0.1, 0.15) is 43.1 Å². The molecular formula is C33H25F6N3O7. The number of pyridine rings is 1. The van der Waals surface area contributed by atoms with Gasteiger partial charge in [0.2, 0.25) is 5.91 Å². The number of benzene rings is 3. The fourth-order valence-corrected chi connectivity index (χ4v) is 4.48. The molecule has 2 amide bonds. The first-order valence-corrected chi connectivity index (χ1v) is 14.0. The third kappa shape index (κ3) is 9.79. The third-order valence-electron chi connectivity index (χ3n) is 6.80. The van der Waals surface area contributed by atoms with Crippen LogP contribution in [0.4, 0.5) is 32.0 Å². The number of hydrogen-bond donors (Lipinski definition) is 2. The monoisotopic (exact) mass is 689 g/mol. The van der Waals surface area contributed by atoms with Crippen LogP contribution in [0.3, 0.4) is 0 Å². The number of anilines is 1. The number of methoxy groups -OCH3 is 1. The number of aliphatic carboxylic acids is 1. The Labute approximate surface area is 273 Å². The van der Waals surface area contributed by atoms with Crippen LogP contribution in [0.25, 0.3) is 0 Å². The van der Waals surface area contributed by atoms with Crippen LogP contribution < -0.4 is 14.8 Å². The lowest BCUT2D eigenvalue weighted by atomic mass is 10.0. The minimum atomic E-state index is -4.76. The molecule has 0 saturated carbocycles. The van der Waals surface area contributed by atoms with E-state index in [-0.39, 0.29) is 40.4 Å². The predicted molar refractivity (Wildman–Crippen MR) is 160 cm³/mol. The Bertz CT molecular complexity index is 1840. The molecule has 0 radical (unpaired) electrons. The molecule has 1 aromatic heterocycles. The maximum atomic E-state index is 13.5. The van der Waals surface area contributed by atoms with Gasteiger partial charge >= 0.3 is 24.3 Å². The average Bonchev–Trinajstić information content (AvgIpc) is 3.04. The van der Waals surface area contributed by atoms with E-state index in [1.54, 1.807) is 0 Å². The largest absolute Gasteiger partial charge is 0.497 e. The van der Waals surface area contributed by atoms with E-state index in [4.69, 9.17) is 9.47 Å². The van der Waals surface area contributed by atoms with Gasteiger partial charge in [-0.15, -0.1) is 0 Å². The first kappa shape index (κ1) is 35.9. The molecule has 49 heavy (non-hydrogen) atoms. The number of amides is 2. The standard InChI is InChI=1S/C33H25F6N3O7/c1-48-25-11-6-21(26(16-25)32(34,35)36)15-28(43)41-23-7-4-20(5-8-23)30(46)42(18-29(44)45)17-19-2-9-24(10-3-19)49-31(47)22-12-13-40-27(14-22)33(37,38)39/h2-14,16H,15,17-18H2,1H3,(H,41,43)(H,44,45). The summed E-state index contributed by atoms with van der Waals surface area (Å²) in [5, 5.41) is 11.8. The number of carbonyl (C=O) groups is 4. The normalized spacial score (nSPS) is 11.4. The molecule has 0 spiro atoms. The molecule has 0 atom stereocenters. The van der Waals surface area contributed by atoms with Crippen molar-refractivity contribution < 1.29 is 60.1 Å². The second-order valence-electron chi connectivity index (χ2n) is 10.3.